The fraction of sp³-hybridized carbons (Fsp3) is 0.600. The summed E-state index contributed by atoms with van der Waals surface area (Å²) in [4.78, 5) is 2.43. The van der Waals surface area contributed by atoms with Gasteiger partial charge >= 0.3 is 0 Å². The highest BCUT2D eigenvalue weighted by Gasteiger charge is 2.21. The van der Waals surface area contributed by atoms with Gasteiger partial charge in [0.15, 0.2) is 0 Å². The van der Waals surface area contributed by atoms with Gasteiger partial charge in [-0.1, -0.05) is 23.7 Å². The van der Waals surface area contributed by atoms with Crippen LogP contribution in [-0.4, -0.2) is 30.6 Å². The van der Waals surface area contributed by atoms with Gasteiger partial charge in [0, 0.05) is 23.7 Å². The first-order valence-corrected chi connectivity index (χ1v) is 7.12. The molecule has 1 aliphatic rings. The number of hydrogen-bond acceptors (Lipinski definition) is 2. The molecule has 0 spiro atoms. The highest BCUT2D eigenvalue weighted by Crippen LogP contribution is 2.18. The molecule has 0 saturated carbocycles. The van der Waals surface area contributed by atoms with Crippen LogP contribution in [0.5, 0.6) is 0 Å². The number of likely N-dealkylation sites (tertiary alicyclic amines) is 1. The van der Waals surface area contributed by atoms with E-state index in [1.807, 2.05) is 6.92 Å². The molecule has 1 fully saturated rings. The van der Waals surface area contributed by atoms with Gasteiger partial charge in [-0.25, -0.2) is 0 Å². The third-order valence-electron chi connectivity index (χ3n) is 4.04. The smallest absolute Gasteiger partial charge is 0.0438 e. The van der Waals surface area contributed by atoms with Crippen LogP contribution in [0.15, 0.2) is 18.2 Å². The van der Waals surface area contributed by atoms with Crippen molar-refractivity contribution in [2.45, 2.75) is 45.3 Å². The lowest BCUT2D eigenvalue weighted by atomic mass is 9.98. The van der Waals surface area contributed by atoms with Crippen LogP contribution < -0.4 is 5.32 Å². The molecule has 1 saturated heterocycles. The average Bonchev–Trinajstić information content (AvgIpc) is 2.35. The van der Waals surface area contributed by atoms with Crippen LogP contribution >= 0.6 is 11.6 Å². The standard InChI is InChI=1S/C15H23ClN2/c1-11-4-5-13(9-15(11)16)10-17-14-6-7-18(3)12(2)8-14/h4-5,9,12,14,17H,6-8,10H2,1-3H3. The molecule has 0 aromatic heterocycles. The highest BCUT2D eigenvalue weighted by molar-refractivity contribution is 6.31. The zero-order chi connectivity index (χ0) is 13.1. The highest BCUT2D eigenvalue weighted by atomic mass is 35.5. The second-order valence-electron chi connectivity index (χ2n) is 5.52. The summed E-state index contributed by atoms with van der Waals surface area (Å²) in [7, 11) is 2.21. The number of halogens is 1. The summed E-state index contributed by atoms with van der Waals surface area (Å²) < 4.78 is 0. The van der Waals surface area contributed by atoms with Crippen molar-refractivity contribution in [2.75, 3.05) is 13.6 Å². The van der Waals surface area contributed by atoms with Gasteiger partial charge in [-0.2, -0.15) is 0 Å². The lowest BCUT2D eigenvalue weighted by molar-refractivity contribution is 0.168. The van der Waals surface area contributed by atoms with Crippen LogP contribution in [0.1, 0.15) is 30.9 Å². The normalized spacial score (nSPS) is 25.3. The molecular formula is C15H23ClN2. The SMILES string of the molecule is Cc1ccc(CNC2CCN(C)C(C)C2)cc1Cl. The number of piperidine rings is 1. The molecule has 0 bridgehead atoms. The molecule has 1 aromatic rings. The Kier molecular flexibility index (Phi) is 4.66. The van der Waals surface area contributed by atoms with Crippen molar-refractivity contribution in [1.29, 1.82) is 0 Å². The Morgan fingerprint density at radius 2 is 2.22 bits per heavy atom. The molecule has 3 heteroatoms. The summed E-state index contributed by atoms with van der Waals surface area (Å²) in [6, 6.07) is 7.64. The molecular weight excluding hydrogens is 244 g/mol. The van der Waals surface area contributed by atoms with Gasteiger partial charge in [-0.3, -0.25) is 0 Å². The molecule has 0 amide bonds. The Hall–Kier alpha value is -0.570. The quantitative estimate of drug-likeness (QED) is 0.904. The minimum atomic E-state index is 0.635. The molecule has 18 heavy (non-hydrogen) atoms. The van der Waals surface area contributed by atoms with Crippen LogP contribution in [0.25, 0.3) is 0 Å². The Morgan fingerprint density at radius 3 is 2.89 bits per heavy atom. The zero-order valence-electron chi connectivity index (χ0n) is 11.5. The van der Waals surface area contributed by atoms with Crippen LogP contribution in [0.3, 0.4) is 0 Å². The predicted octanol–water partition coefficient (Wildman–Crippen LogP) is 3.22. The molecule has 1 aliphatic heterocycles. The molecule has 0 radical (unpaired) electrons. The molecule has 2 rings (SSSR count). The lowest BCUT2D eigenvalue weighted by Crippen LogP contribution is -2.45. The van der Waals surface area contributed by atoms with Crippen LogP contribution in [-0.2, 0) is 6.54 Å². The van der Waals surface area contributed by atoms with Crippen molar-refractivity contribution >= 4 is 11.6 Å². The number of benzene rings is 1. The number of hydrogen-bond donors (Lipinski definition) is 1. The van der Waals surface area contributed by atoms with E-state index in [9.17, 15) is 0 Å². The van der Waals surface area contributed by atoms with Crippen LogP contribution in [0.4, 0.5) is 0 Å². The average molecular weight is 267 g/mol. The first-order chi connectivity index (χ1) is 8.56. The molecule has 1 aromatic carbocycles. The molecule has 2 atom stereocenters. The summed E-state index contributed by atoms with van der Waals surface area (Å²) in [5.74, 6) is 0. The van der Waals surface area contributed by atoms with Gasteiger partial charge in [0.05, 0.1) is 0 Å². The van der Waals surface area contributed by atoms with E-state index in [2.05, 4.69) is 42.4 Å². The van der Waals surface area contributed by atoms with E-state index in [0.29, 0.717) is 12.1 Å². The fourth-order valence-electron chi connectivity index (χ4n) is 2.48. The largest absolute Gasteiger partial charge is 0.310 e. The van der Waals surface area contributed by atoms with E-state index in [4.69, 9.17) is 11.6 Å². The zero-order valence-corrected chi connectivity index (χ0v) is 12.3. The van der Waals surface area contributed by atoms with Gasteiger partial charge in [0.2, 0.25) is 0 Å². The summed E-state index contributed by atoms with van der Waals surface area (Å²) in [6.45, 7) is 6.45. The van der Waals surface area contributed by atoms with Crippen molar-refractivity contribution in [1.82, 2.24) is 10.2 Å². The van der Waals surface area contributed by atoms with E-state index < -0.39 is 0 Å². The molecule has 1 heterocycles. The van der Waals surface area contributed by atoms with Crippen molar-refractivity contribution in [3.8, 4) is 0 Å². The maximum absolute atomic E-state index is 6.14. The number of rotatable bonds is 3. The Labute approximate surface area is 115 Å². The van der Waals surface area contributed by atoms with Gasteiger partial charge < -0.3 is 10.2 Å². The minimum Gasteiger partial charge on any atom is -0.310 e. The van der Waals surface area contributed by atoms with Crippen molar-refractivity contribution in [3.63, 3.8) is 0 Å². The molecule has 100 valence electrons. The lowest BCUT2D eigenvalue weighted by Gasteiger charge is -2.35. The first-order valence-electron chi connectivity index (χ1n) is 6.75. The number of nitrogens with zero attached hydrogens (tertiary/aromatic N) is 1. The monoisotopic (exact) mass is 266 g/mol. The first kappa shape index (κ1) is 13.9. The van der Waals surface area contributed by atoms with Gasteiger partial charge in [0.25, 0.3) is 0 Å². The molecule has 0 aliphatic carbocycles. The van der Waals surface area contributed by atoms with Crippen molar-refractivity contribution < 1.29 is 0 Å². The van der Waals surface area contributed by atoms with E-state index in [-0.39, 0.29) is 0 Å². The van der Waals surface area contributed by atoms with E-state index >= 15 is 0 Å². The van der Waals surface area contributed by atoms with E-state index in [1.165, 1.54) is 24.9 Å². The van der Waals surface area contributed by atoms with Gasteiger partial charge in [0.1, 0.15) is 0 Å². The molecule has 2 unspecified atom stereocenters. The van der Waals surface area contributed by atoms with Crippen LogP contribution in [0.2, 0.25) is 5.02 Å². The minimum absolute atomic E-state index is 0.635. The molecule has 2 nitrogen and oxygen atoms in total. The van der Waals surface area contributed by atoms with Crippen LogP contribution in [0, 0.1) is 6.92 Å². The second-order valence-corrected chi connectivity index (χ2v) is 5.92. The third kappa shape index (κ3) is 3.47. The summed E-state index contributed by atoms with van der Waals surface area (Å²) >= 11 is 6.14. The predicted molar refractivity (Wildman–Crippen MR) is 78.1 cm³/mol. The second kappa shape index (κ2) is 6.05. The number of nitrogens with one attached hydrogen (secondary N) is 1. The topological polar surface area (TPSA) is 15.3 Å². The maximum atomic E-state index is 6.14. The summed E-state index contributed by atoms with van der Waals surface area (Å²) in [5.41, 5.74) is 2.42. The van der Waals surface area contributed by atoms with Crippen molar-refractivity contribution in [2.24, 2.45) is 0 Å². The Bertz CT molecular complexity index is 405. The van der Waals surface area contributed by atoms with Gasteiger partial charge in [-0.15, -0.1) is 0 Å². The molecule has 1 N–H and O–H groups in total. The van der Waals surface area contributed by atoms with Crippen molar-refractivity contribution in [3.05, 3.63) is 34.3 Å². The Balaban J connectivity index is 1.86. The fourth-order valence-corrected chi connectivity index (χ4v) is 2.69. The third-order valence-corrected chi connectivity index (χ3v) is 4.45. The van der Waals surface area contributed by atoms with E-state index in [0.717, 1.165) is 17.1 Å². The van der Waals surface area contributed by atoms with E-state index in [1.54, 1.807) is 0 Å². The number of aryl methyl sites for hydroxylation is 1. The Morgan fingerprint density at radius 1 is 1.44 bits per heavy atom. The van der Waals surface area contributed by atoms with Gasteiger partial charge in [-0.05, 0) is 57.5 Å². The summed E-state index contributed by atoms with van der Waals surface area (Å²) in [5, 5.41) is 4.52. The summed E-state index contributed by atoms with van der Waals surface area (Å²) in [6.07, 6.45) is 2.47. The maximum Gasteiger partial charge on any atom is 0.0438 e.